The van der Waals surface area contributed by atoms with Gasteiger partial charge in [0, 0.05) is 5.41 Å². The standard InChI is InChI=1S/C19H30O2/c1-3-19(15-20-16-19)12-7-5-4-6-8-13-21-18-11-9-10-17(2)14-18/h9-11,14H,3-8,12-13,15-16H2,1-2H3. The number of hydrogen-bond donors (Lipinski definition) is 0. The van der Waals surface area contributed by atoms with Crippen molar-refractivity contribution in [2.24, 2.45) is 5.41 Å². The van der Waals surface area contributed by atoms with Gasteiger partial charge in [0.25, 0.3) is 0 Å². The van der Waals surface area contributed by atoms with E-state index in [0.29, 0.717) is 5.41 Å². The second kappa shape index (κ2) is 8.43. The Morgan fingerprint density at radius 1 is 1.10 bits per heavy atom. The Morgan fingerprint density at radius 3 is 2.52 bits per heavy atom. The predicted octanol–water partition coefficient (Wildman–Crippen LogP) is 5.14. The second-order valence-corrected chi connectivity index (χ2v) is 6.53. The maximum Gasteiger partial charge on any atom is 0.119 e. The van der Waals surface area contributed by atoms with Crippen LogP contribution in [0.2, 0.25) is 0 Å². The van der Waals surface area contributed by atoms with Gasteiger partial charge in [-0.15, -0.1) is 0 Å². The summed E-state index contributed by atoms with van der Waals surface area (Å²) in [5.41, 5.74) is 1.80. The summed E-state index contributed by atoms with van der Waals surface area (Å²) in [6.45, 7) is 7.23. The molecule has 0 aromatic heterocycles. The summed E-state index contributed by atoms with van der Waals surface area (Å²) in [6, 6.07) is 8.30. The molecule has 2 heteroatoms. The molecule has 118 valence electrons. The highest BCUT2D eigenvalue weighted by Crippen LogP contribution is 2.36. The van der Waals surface area contributed by atoms with Gasteiger partial charge in [0.2, 0.25) is 0 Å². The summed E-state index contributed by atoms with van der Waals surface area (Å²) in [5, 5.41) is 0. The van der Waals surface area contributed by atoms with E-state index < -0.39 is 0 Å². The molecule has 2 nitrogen and oxygen atoms in total. The lowest BCUT2D eigenvalue weighted by Crippen LogP contribution is -2.41. The zero-order valence-corrected chi connectivity index (χ0v) is 13.7. The Morgan fingerprint density at radius 2 is 1.86 bits per heavy atom. The molecule has 0 amide bonds. The lowest BCUT2D eigenvalue weighted by Gasteiger charge is -2.41. The highest BCUT2D eigenvalue weighted by atomic mass is 16.5. The number of unbranched alkanes of at least 4 members (excludes halogenated alkanes) is 4. The minimum Gasteiger partial charge on any atom is -0.494 e. The summed E-state index contributed by atoms with van der Waals surface area (Å²) in [6.07, 6.45) is 9.11. The number of rotatable bonds is 10. The first-order valence-corrected chi connectivity index (χ1v) is 8.51. The van der Waals surface area contributed by atoms with Crippen LogP contribution in [0.4, 0.5) is 0 Å². The quantitative estimate of drug-likeness (QED) is 0.555. The van der Waals surface area contributed by atoms with Crippen molar-refractivity contribution in [2.75, 3.05) is 19.8 Å². The van der Waals surface area contributed by atoms with Gasteiger partial charge in [-0.05, 0) is 43.9 Å². The van der Waals surface area contributed by atoms with Crippen LogP contribution in [0.15, 0.2) is 24.3 Å². The number of hydrogen-bond acceptors (Lipinski definition) is 2. The average Bonchev–Trinajstić information content (AvgIpc) is 2.44. The maximum absolute atomic E-state index is 5.78. The van der Waals surface area contributed by atoms with Gasteiger partial charge in [-0.1, -0.05) is 44.7 Å². The summed E-state index contributed by atoms with van der Waals surface area (Å²) >= 11 is 0. The van der Waals surface area contributed by atoms with Crippen molar-refractivity contribution in [3.05, 3.63) is 29.8 Å². The Kier molecular flexibility index (Phi) is 6.56. The topological polar surface area (TPSA) is 18.5 Å². The van der Waals surface area contributed by atoms with Crippen molar-refractivity contribution < 1.29 is 9.47 Å². The van der Waals surface area contributed by atoms with Crippen LogP contribution in [-0.2, 0) is 4.74 Å². The van der Waals surface area contributed by atoms with Crippen LogP contribution in [0.5, 0.6) is 5.75 Å². The highest BCUT2D eigenvalue weighted by molar-refractivity contribution is 5.27. The molecule has 1 aliphatic rings. The van der Waals surface area contributed by atoms with Gasteiger partial charge in [-0.3, -0.25) is 0 Å². The Bertz CT molecular complexity index is 404. The molecule has 0 atom stereocenters. The monoisotopic (exact) mass is 290 g/mol. The third kappa shape index (κ3) is 5.35. The zero-order chi connectivity index (χ0) is 15.0. The van der Waals surface area contributed by atoms with E-state index in [2.05, 4.69) is 32.0 Å². The molecule has 0 spiro atoms. The fraction of sp³-hybridized carbons (Fsp3) is 0.684. The van der Waals surface area contributed by atoms with E-state index in [1.165, 1.54) is 44.1 Å². The van der Waals surface area contributed by atoms with Crippen LogP contribution in [0.25, 0.3) is 0 Å². The largest absolute Gasteiger partial charge is 0.494 e. The summed E-state index contributed by atoms with van der Waals surface area (Å²) < 4.78 is 11.1. The van der Waals surface area contributed by atoms with Crippen molar-refractivity contribution in [1.82, 2.24) is 0 Å². The molecule has 0 saturated carbocycles. The molecule has 1 fully saturated rings. The molecule has 0 radical (unpaired) electrons. The van der Waals surface area contributed by atoms with Gasteiger partial charge in [0.15, 0.2) is 0 Å². The minimum absolute atomic E-state index is 0.536. The van der Waals surface area contributed by atoms with Crippen LogP contribution in [0.1, 0.15) is 57.4 Å². The number of benzene rings is 1. The van der Waals surface area contributed by atoms with Crippen molar-refractivity contribution in [3.63, 3.8) is 0 Å². The van der Waals surface area contributed by atoms with Crippen molar-refractivity contribution in [2.45, 2.75) is 58.8 Å². The first-order chi connectivity index (χ1) is 10.2. The smallest absolute Gasteiger partial charge is 0.119 e. The number of aryl methyl sites for hydroxylation is 1. The molecule has 1 heterocycles. The molecule has 1 aromatic carbocycles. The normalized spacial score (nSPS) is 16.5. The van der Waals surface area contributed by atoms with Gasteiger partial charge in [-0.25, -0.2) is 0 Å². The molecule has 1 aliphatic heterocycles. The third-order valence-corrected chi connectivity index (χ3v) is 4.68. The van der Waals surface area contributed by atoms with Gasteiger partial charge in [-0.2, -0.15) is 0 Å². The molecule has 0 N–H and O–H groups in total. The minimum atomic E-state index is 0.536. The van der Waals surface area contributed by atoms with E-state index in [4.69, 9.17) is 9.47 Å². The molecular weight excluding hydrogens is 260 g/mol. The molecule has 0 aliphatic carbocycles. The average molecular weight is 290 g/mol. The third-order valence-electron chi connectivity index (χ3n) is 4.68. The zero-order valence-electron chi connectivity index (χ0n) is 13.7. The SMILES string of the molecule is CCC1(CCCCCCCOc2cccc(C)c2)COC1. The van der Waals surface area contributed by atoms with Crippen molar-refractivity contribution in [3.8, 4) is 5.75 Å². The van der Waals surface area contributed by atoms with E-state index in [9.17, 15) is 0 Å². The number of ether oxygens (including phenoxy) is 2. The summed E-state index contributed by atoms with van der Waals surface area (Å²) in [4.78, 5) is 0. The lowest BCUT2D eigenvalue weighted by atomic mass is 9.78. The maximum atomic E-state index is 5.78. The molecule has 1 aromatic rings. The molecule has 0 unspecified atom stereocenters. The van der Waals surface area contributed by atoms with Crippen LogP contribution in [0.3, 0.4) is 0 Å². The Labute approximate surface area is 129 Å². The van der Waals surface area contributed by atoms with Crippen LogP contribution in [0, 0.1) is 12.3 Å². The summed E-state index contributed by atoms with van der Waals surface area (Å²) in [5.74, 6) is 1.00. The highest BCUT2D eigenvalue weighted by Gasteiger charge is 2.35. The van der Waals surface area contributed by atoms with E-state index in [1.807, 2.05) is 6.07 Å². The lowest BCUT2D eigenvalue weighted by molar-refractivity contribution is -0.120. The van der Waals surface area contributed by atoms with Crippen LogP contribution < -0.4 is 4.74 Å². The van der Waals surface area contributed by atoms with Crippen LogP contribution >= 0.6 is 0 Å². The van der Waals surface area contributed by atoms with E-state index in [1.54, 1.807) is 0 Å². The van der Waals surface area contributed by atoms with Gasteiger partial charge >= 0.3 is 0 Å². The summed E-state index contributed by atoms with van der Waals surface area (Å²) in [7, 11) is 0. The Hall–Kier alpha value is -1.02. The van der Waals surface area contributed by atoms with E-state index in [-0.39, 0.29) is 0 Å². The fourth-order valence-electron chi connectivity index (χ4n) is 2.94. The van der Waals surface area contributed by atoms with Crippen molar-refractivity contribution >= 4 is 0 Å². The first kappa shape index (κ1) is 16.4. The van der Waals surface area contributed by atoms with Gasteiger partial charge in [0.05, 0.1) is 19.8 Å². The van der Waals surface area contributed by atoms with E-state index in [0.717, 1.165) is 32.0 Å². The predicted molar refractivity (Wildman–Crippen MR) is 87.9 cm³/mol. The van der Waals surface area contributed by atoms with E-state index >= 15 is 0 Å². The van der Waals surface area contributed by atoms with Gasteiger partial charge < -0.3 is 9.47 Å². The van der Waals surface area contributed by atoms with Crippen LogP contribution in [-0.4, -0.2) is 19.8 Å². The fourth-order valence-corrected chi connectivity index (χ4v) is 2.94. The molecule has 0 bridgehead atoms. The Balaban J connectivity index is 1.45. The molecule has 1 saturated heterocycles. The molecule has 2 rings (SSSR count). The first-order valence-electron chi connectivity index (χ1n) is 8.51. The second-order valence-electron chi connectivity index (χ2n) is 6.53. The molecular formula is C19H30O2. The molecule has 21 heavy (non-hydrogen) atoms. The van der Waals surface area contributed by atoms with Gasteiger partial charge in [0.1, 0.15) is 5.75 Å². The van der Waals surface area contributed by atoms with Crippen molar-refractivity contribution in [1.29, 1.82) is 0 Å².